The summed E-state index contributed by atoms with van der Waals surface area (Å²) in [6.45, 7) is 11.1. The van der Waals surface area contributed by atoms with Crippen LogP contribution in [-0.4, -0.2) is 27.3 Å². The highest BCUT2D eigenvalue weighted by Crippen LogP contribution is 2.29. The summed E-state index contributed by atoms with van der Waals surface area (Å²) < 4.78 is 1.74. The maximum atomic E-state index is 13.0. The molecule has 7 heteroatoms. The minimum Gasteiger partial charge on any atom is -0.355 e. The zero-order valence-electron chi connectivity index (χ0n) is 14.9. The Morgan fingerprint density at radius 1 is 1.38 bits per heavy atom. The Kier molecular flexibility index (Phi) is 6.46. The van der Waals surface area contributed by atoms with Crippen LogP contribution in [-0.2, 0) is 11.3 Å². The number of aryl methyl sites for hydroxylation is 2. The lowest BCUT2D eigenvalue weighted by Gasteiger charge is -2.15. The molecule has 1 N–H and O–H groups in total. The molecule has 0 radical (unpaired) electrons. The molecule has 2 aromatic heterocycles. The minimum absolute atomic E-state index is 0.0147. The molecular weight excluding hydrogens is 342 g/mol. The highest BCUT2D eigenvalue weighted by molar-refractivity contribution is 8.00. The molecule has 0 spiro atoms. The summed E-state index contributed by atoms with van der Waals surface area (Å²) in [6.07, 6.45) is 1.92. The van der Waals surface area contributed by atoms with Crippen molar-refractivity contribution in [1.29, 1.82) is 0 Å². The Morgan fingerprint density at radius 2 is 2.08 bits per heavy atom. The molecule has 0 unspecified atom stereocenters. The largest absolute Gasteiger partial charge is 0.355 e. The average Bonchev–Trinajstić information content (AvgIpc) is 2.82. The van der Waals surface area contributed by atoms with Gasteiger partial charge in [0.1, 0.15) is 4.83 Å². The van der Waals surface area contributed by atoms with Crippen LogP contribution in [0.5, 0.6) is 0 Å². The Hall–Kier alpha value is -1.34. The molecule has 0 bridgehead atoms. The van der Waals surface area contributed by atoms with Gasteiger partial charge in [0.25, 0.3) is 5.56 Å². The molecule has 1 amide bonds. The van der Waals surface area contributed by atoms with E-state index in [2.05, 4.69) is 12.2 Å². The number of carbonyl (C=O) groups is 1. The van der Waals surface area contributed by atoms with Crippen LogP contribution < -0.4 is 10.9 Å². The van der Waals surface area contributed by atoms with Gasteiger partial charge in [-0.2, -0.15) is 0 Å². The summed E-state index contributed by atoms with van der Waals surface area (Å²) in [6, 6.07) is 0. The van der Waals surface area contributed by atoms with Gasteiger partial charge in [-0.3, -0.25) is 14.2 Å². The molecular formula is C17H25N3O2S2. The van der Waals surface area contributed by atoms with Crippen molar-refractivity contribution in [2.24, 2.45) is 0 Å². The van der Waals surface area contributed by atoms with E-state index in [0.717, 1.165) is 33.5 Å². The number of amides is 1. The van der Waals surface area contributed by atoms with Crippen LogP contribution >= 0.6 is 23.1 Å². The normalized spacial score (nSPS) is 12.5. The molecule has 2 rings (SSSR count). The van der Waals surface area contributed by atoms with E-state index < -0.39 is 0 Å². The first-order chi connectivity index (χ1) is 11.4. The number of nitrogens with zero attached hydrogens (tertiary/aromatic N) is 2. The lowest BCUT2D eigenvalue weighted by molar-refractivity contribution is -0.120. The molecule has 132 valence electrons. The van der Waals surface area contributed by atoms with Crippen molar-refractivity contribution < 1.29 is 4.79 Å². The molecule has 0 saturated carbocycles. The van der Waals surface area contributed by atoms with Gasteiger partial charge >= 0.3 is 0 Å². The number of aromatic nitrogens is 2. The third-order valence-corrected chi connectivity index (χ3v) is 6.18. The van der Waals surface area contributed by atoms with Gasteiger partial charge in [0.2, 0.25) is 5.91 Å². The van der Waals surface area contributed by atoms with Gasteiger partial charge in [-0.05, 0) is 39.7 Å². The highest BCUT2D eigenvalue weighted by atomic mass is 32.2. The number of nitrogens with one attached hydrogen (secondary N) is 1. The van der Waals surface area contributed by atoms with E-state index in [-0.39, 0.29) is 16.7 Å². The van der Waals surface area contributed by atoms with Gasteiger partial charge in [0.15, 0.2) is 5.16 Å². The van der Waals surface area contributed by atoms with Crippen LogP contribution in [0.4, 0.5) is 0 Å². The third-order valence-electron chi connectivity index (χ3n) is 3.99. The molecule has 0 saturated heterocycles. The Balaban J connectivity index is 2.50. The molecule has 0 fully saturated rings. The second-order valence-electron chi connectivity index (χ2n) is 5.82. The summed E-state index contributed by atoms with van der Waals surface area (Å²) >= 11 is 2.91. The number of thioether (sulfide) groups is 1. The van der Waals surface area contributed by atoms with E-state index in [1.807, 2.05) is 27.7 Å². The van der Waals surface area contributed by atoms with Crippen molar-refractivity contribution >= 4 is 39.2 Å². The smallest absolute Gasteiger partial charge is 0.263 e. The quantitative estimate of drug-likeness (QED) is 0.601. The monoisotopic (exact) mass is 367 g/mol. The maximum Gasteiger partial charge on any atom is 0.263 e. The zero-order valence-corrected chi connectivity index (χ0v) is 16.6. The van der Waals surface area contributed by atoms with E-state index in [4.69, 9.17) is 4.98 Å². The highest BCUT2D eigenvalue weighted by Gasteiger charge is 2.21. The Morgan fingerprint density at radius 3 is 2.71 bits per heavy atom. The van der Waals surface area contributed by atoms with Crippen LogP contribution in [0.15, 0.2) is 9.95 Å². The van der Waals surface area contributed by atoms with Gasteiger partial charge in [-0.1, -0.05) is 25.1 Å². The fourth-order valence-electron chi connectivity index (χ4n) is 2.44. The molecule has 0 aromatic carbocycles. The number of hydrogen-bond donors (Lipinski definition) is 1. The number of hydrogen-bond acceptors (Lipinski definition) is 5. The third kappa shape index (κ3) is 3.83. The van der Waals surface area contributed by atoms with Crippen LogP contribution in [0.1, 0.15) is 44.1 Å². The minimum atomic E-state index is -0.288. The van der Waals surface area contributed by atoms with E-state index >= 15 is 0 Å². The van der Waals surface area contributed by atoms with Crippen molar-refractivity contribution in [3.63, 3.8) is 0 Å². The second-order valence-corrected chi connectivity index (χ2v) is 8.33. The van der Waals surface area contributed by atoms with Crippen LogP contribution in [0.2, 0.25) is 0 Å². The van der Waals surface area contributed by atoms with Crippen molar-refractivity contribution in [3.05, 3.63) is 20.8 Å². The fourth-order valence-corrected chi connectivity index (χ4v) is 4.47. The van der Waals surface area contributed by atoms with Crippen LogP contribution in [0.25, 0.3) is 10.2 Å². The van der Waals surface area contributed by atoms with Crippen molar-refractivity contribution in [3.8, 4) is 0 Å². The summed E-state index contributed by atoms with van der Waals surface area (Å²) in [4.78, 5) is 31.6. The van der Waals surface area contributed by atoms with Gasteiger partial charge < -0.3 is 5.32 Å². The summed E-state index contributed by atoms with van der Waals surface area (Å²) in [5, 5.41) is 3.90. The lowest BCUT2D eigenvalue weighted by Crippen LogP contribution is -2.31. The van der Waals surface area contributed by atoms with Crippen LogP contribution in [0.3, 0.4) is 0 Å². The lowest BCUT2D eigenvalue weighted by atomic mass is 10.2. The van der Waals surface area contributed by atoms with Gasteiger partial charge in [-0.15, -0.1) is 11.3 Å². The van der Waals surface area contributed by atoms with Gasteiger partial charge in [0.05, 0.1) is 10.6 Å². The molecule has 0 aliphatic rings. The molecule has 2 heterocycles. The summed E-state index contributed by atoms with van der Waals surface area (Å²) in [7, 11) is 0. The number of thiophene rings is 1. The van der Waals surface area contributed by atoms with Crippen molar-refractivity contribution in [2.75, 3.05) is 6.54 Å². The molecule has 0 aliphatic heterocycles. The molecule has 0 aliphatic carbocycles. The van der Waals surface area contributed by atoms with Crippen LogP contribution in [0, 0.1) is 13.8 Å². The zero-order chi connectivity index (χ0) is 17.9. The first-order valence-corrected chi connectivity index (χ1v) is 10.0. The summed E-state index contributed by atoms with van der Waals surface area (Å²) in [5.41, 5.74) is 1.03. The van der Waals surface area contributed by atoms with E-state index in [1.165, 1.54) is 11.8 Å². The van der Waals surface area contributed by atoms with Crippen molar-refractivity contribution in [2.45, 2.75) is 64.4 Å². The van der Waals surface area contributed by atoms with Gasteiger partial charge in [-0.25, -0.2) is 4.98 Å². The fraction of sp³-hybridized carbons (Fsp3) is 0.588. The van der Waals surface area contributed by atoms with E-state index in [0.29, 0.717) is 18.2 Å². The predicted octanol–water partition coefficient (Wildman–Crippen LogP) is 3.49. The average molecular weight is 368 g/mol. The standard InChI is InChI=1S/C17H25N3O2S2/c1-6-8-9-20-16(22)13-10(3)11(4)23-15(13)19-17(20)24-12(5)14(21)18-7-2/h12H,6-9H2,1-5H3,(H,18,21)/t12-/m1/s1. The number of rotatable bonds is 7. The molecule has 24 heavy (non-hydrogen) atoms. The predicted molar refractivity (Wildman–Crippen MR) is 102 cm³/mol. The molecule has 5 nitrogen and oxygen atoms in total. The number of unbranched alkanes of at least 4 members (excludes halogenated alkanes) is 1. The molecule has 1 atom stereocenters. The maximum absolute atomic E-state index is 13.0. The van der Waals surface area contributed by atoms with Gasteiger partial charge in [0, 0.05) is 18.0 Å². The summed E-state index contributed by atoms with van der Waals surface area (Å²) in [5.74, 6) is -0.0302. The topological polar surface area (TPSA) is 64.0 Å². The second kappa shape index (κ2) is 8.16. The first-order valence-electron chi connectivity index (χ1n) is 8.35. The number of fused-ring (bicyclic) bond motifs is 1. The van der Waals surface area contributed by atoms with E-state index in [1.54, 1.807) is 15.9 Å². The first kappa shape index (κ1) is 19.0. The number of carbonyl (C=O) groups excluding carboxylic acids is 1. The van der Waals surface area contributed by atoms with Crippen molar-refractivity contribution in [1.82, 2.24) is 14.9 Å². The SMILES string of the molecule is CCCCn1c(S[C@H](C)C(=O)NCC)nc2sc(C)c(C)c2c1=O. The van der Waals surface area contributed by atoms with E-state index in [9.17, 15) is 9.59 Å². The molecule has 2 aromatic rings. The Labute approximate surface area is 150 Å². The Bertz CT molecular complexity index is 795.